The third-order valence-electron chi connectivity index (χ3n) is 2.39. The third-order valence-corrected chi connectivity index (χ3v) is 3.63. The van der Waals surface area contributed by atoms with Crippen molar-refractivity contribution in [2.75, 3.05) is 30.4 Å². The zero-order chi connectivity index (χ0) is 14.3. The number of amides is 1. The van der Waals surface area contributed by atoms with Crippen molar-refractivity contribution in [1.29, 1.82) is 0 Å². The monoisotopic (exact) mass is 302 g/mol. The van der Waals surface area contributed by atoms with Crippen LogP contribution in [0.4, 0.5) is 5.69 Å². The van der Waals surface area contributed by atoms with E-state index in [0.29, 0.717) is 23.0 Å². The number of nitrogens with one attached hydrogen (secondary N) is 2. The minimum absolute atomic E-state index is 0.135. The molecule has 0 heterocycles. The van der Waals surface area contributed by atoms with E-state index < -0.39 is 5.60 Å². The van der Waals surface area contributed by atoms with Crippen molar-refractivity contribution < 1.29 is 9.90 Å². The average molecular weight is 303 g/mol. The Bertz CT molecular complexity index is 427. The van der Waals surface area contributed by atoms with Crippen LogP contribution in [0.1, 0.15) is 6.92 Å². The molecule has 0 fully saturated rings. The molecule has 0 aliphatic heterocycles. The van der Waals surface area contributed by atoms with Gasteiger partial charge in [-0.25, -0.2) is 0 Å². The molecule has 3 N–H and O–H groups in total. The summed E-state index contributed by atoms with van der Waals surface area (Å²) in [4.78, 5) is 11.7. The highest BCUT2D eigenvalue weighted by molar-refractivity contribution is 7.98. The number of halogens is 1. The molecule has 1 atom stereocenters. The van der Waals surface area contributed by atoms with E-state index in [4.69, 9.17) is 11.6 Å². The Hall–Kier alpha value is -0.750. The first kappa shape index (κ1) is 16.3. The van der Waals surface area contributed by atoms with Crippen LogP contribution in [-0.2, 0) is 4.79 Å². The maximum atomic E-state index is 11.7. The van der Waals surface area contributed by atoms with E-state index in [0.717, 1.165) is 0 Å². The molecule has 0 aromatic heterocycles. The largest absolute Gasteiger partial charge is 0.388 e. The van der Waals surface area contributed by atoms with Gasteiger partial charge in [0, 0.05) is 12.3 Å². The topological polar surface area (TPSA) is 61.4 Å². The first-order valence-electron chi connectivity index (χ1n) is 5.91. The van der Waals surface area contributed by atoms with Gasteiger partial charge in [0.1, 0.15) is 0 Å². The fourth-order valence-electron chi connectivity index (χ4n) is 1.56. The standard InChI is InChI=1S/C13H19ClN2O2S/c1-13(18,9-19-2)8-15-7-12(17)16-11-6-4-3-5-10(11)14/h3-6,15,18H,7-9H2,1-2H3,(H,16,17). The average Bonchev–Trinajstić information content (AvgIpc) is 2.31. The molecule has 0 bridgehead atoms. The molecule has 0 aliphatic rings. The van der Waals surface area contributed by atoms with Gasteiger partial charge >= 0.3 is 0 Å². The minimum Gasteiger partial charge on any atom is -0.388 e. The van der Waals surface area contributed by atoms with Crippen LogP contribution in [0.2, 0.25) is 5.02 Å². The normalized spacial score (nSPS) is 13.9. The van der Waals surface area contributed by atoms with Gasteiger partial charge in [0.2, 0.25) is 5.91 Å². The Morgan fingerprint density at radius 1 is 1.47 bits per heavy atom. The maximum Gasteiger partial charge on any atom is 0.238 e. The molecule has 0 saturated heterocycles. The Morgan fingerprint density at radius 2 is 2.16 bits per heavy atom. The Morgan fingerprint density at radius 3 is 2.79 bits per heavy atom. The number of aliphatic hydroxyl groups is 1. The molecule has 19 heavy (non-hydrogen) atoms. The fourth-order valence-corrected chi connectivity index (χ4v) is 2.47. The second-order valence-electron chi connectivity index (χ2n) is 4.56. The summed E-state index contributed by atoms with van der Waals surface area (Å²) in [5.41, 5.74) is -0.226. The van der Waals surface area contributed by atoms with Crippen molar-refractivity contribution >= 4 is 35.0 Å². The maximum absolute atomic E-state index is 11.7. The minimum atomic E-state index is -0.815. The lowest BCUT2D eigenvalue weighted by Crippen LogP contribution is -2.42. The summed E-state index contributed by atoms with van der Waals surface area (Å²) in [6.45, 7) is 2.24. The highest BCUT2D eigenvalue weighted by Crippen LogP contribution is 2.20. The van der Waals surface area contributed by atoms with E-state index in [1.807, 2.05) is 6.26 Å². The molecule has 1 aromatic rings. The summed E-state index contributed by atoms with van der Waals surface area (Å²) < 4.78 is 0. The first-order chi connectivity index (χ1) is 8.94. The van der Waals surface area contributed by atoms with Crippen molar-refractivity contribution in [3.63, 3.8) is 0 Å². The summed E-state index contributed by atoms with van der Waals surface area (Å²) in [5, 5.41) is 16.1. The van der Waals surface area contributed by atoms with Crippen LogP contribution in [0.3, 0.4) is 0 Å². The number of carbonyl (C=O) groups excluding carboxylic acids is 1. The lowest BCUT2D eigenvalue weighted by atomic mass is 10.1. The van der Waals surface area contributed by atoms with Gasteiger partial charge in [-0.1, -0.05) is 23.7 Å². The molecular formula is C13H19ClN2O2S. The predicted octanol–water partition coefficient (Wildman–Crippen LogP) is 1.98. The summed E-state index contributed by atoms with van der Waals surface area (Å²) in [5.74, 6) is 0.430. The van der Waals surface area contributed by atoms with Gasteiger partial charge in [-0.2, -0.15) is 11.8 Å². The van der Waals surface area contributed by atoms with Crippen LogP contribution < -0.4 is 10.6 Å². The summed E-state index contributed by atoms with van der Waals surface area (Å²) in [7, 11) is 0. The predicted molar refractivity (Wildman–Crippen MR) is 82.0 cm³/mol. The molecule has 1 rings (SSSR count). The number of para-hydroxylation sites is 1. The Labute approximate surface area is 122 Å². The van der Waals surface area contributed by atoms with E-state index in [2.05, 4.69) is 10.6 Å². The molecule has 6 heteroatoms. The fraction of sp³-hybridized carbons (Fsp3) is 0.462. The van der Waals surface area contributed by atoms with E-state index >= 15 is 0 Å². The van der Waals surface area contributed by atoms with E-state index in [9.17, 15) is 9.90 Å². The van der Waals surface area contributed by atoms with Crippen molar-refractivity contribution in [3.8, 4) is 0 Å². The van der Waals surface area contributed by atoms with Gasteiger partial charge in [0.05, 0.1) is 22.9 Å². The van der Waals surface area contributed by atoms with Gasteiger partial charge in [-0.05, 0) is 25.3 Å². The number of thioether (sulfide) groups is 1. The van der Waals surface area contributed by atoms with Crippen LogP contribution in [0.15, 0.2) is 24.3 Å². The molecule has 0 radical (unpaired) electrons. The lowest BCUT2D eigenvalue weighted by Gasteiger charge is -2.22. The molecule has 1 amide bonds. The van der Waals surface area contributed by atoms with Crippen molar-refractivity contribution in [1.82, 2.24) is 5.32 Å². The second-order valence-corrected chi connectivity index (χ2v) is 5.83. The Balaban J connectivity index is 2.35. The van der Waals surface area contributed by atoms with Gasteiger partial charge in [0.15, 0.2) is 0 Å². The molecular weight excluding hydrogens is 284 g/mol. The molecule has 106 valence electrons. The summed E-state index contributed by atoms with van der Waals surface area (Å²) in [6, 6.07) is 7.06. The highest BCUT2D eigenvalue weighted by atomic mass is 35.5. The smallest absolute Gasteiger partial charge is 0.238 e. The van der Waals surface area contributed by atoms with Gasteiger partial charge in [-0.3, -0.25) is 4.79 Å². The number of rotatable bonds is 7. The number of anilines is 1. The lowest BCUT2D eigenvalue weighted by molar-refractivity contribution is -0.115. The molecule has 0 saturated carbocycles. The van der Waals surface area contributed by atoms with Gasteiger partial charge in [0.25, 0.3) is 0 Å². The van der Waals surface area contributed by atoms with Crippen LogP contribution in [0.25, 0.3) is 0 Å². The SMILES string of the molecule is CSCC(C)(O)CNCC(=O)Nc1ccccc1Cl. The van der Waals surface area contributed by atoms with Crippen molar-refractivity contribution in [2.24, 2.45) is 0 Å². The number of hydrogen-bond acceptors (Lipinski definition) is 4. The number of hydrogen-bond donors (Lipinski definition) is 3. The van der Waals surface area contributed by atoms with Crippen LogP contribution >= 0.6 is 23.4 Å². The van der Waals surface area contributed by atoms with Crippen LogP contribution in [0.5, 0.6) is 0 Å². The first-order valence-corrected chi connectivity index (χ1v) is 7.68. The molecule has 1 unspecified atom stereocenters. The zero-order valence-electron chi connectivity index (χ0n) is 11.1. The number of carbonyl (C=O) groups is 1. The van der Waals surface area contributed by atoms with Gasteiger partial charge in [-0.15, -0.1) is 0 Å². The van der Waals surface area contributed by atoms with Crippen molar-refractivity contribution in [2.45, 2.75) is 12.5 Å². The third kappa shape index (κ3) is 6.29. The molecule has 0 aliphatic carbocycles. The Kier molecular flexibility index (Phi) is 6.65. The molecule has 4 nitrogen and oxygen atoms in total. The van der Waals surface area contributed by atoms with Crippen LogP contribution in [0, 0.1) is 0 Å². The second kappa shape index (κ2) is 7.75. The quantitative estimate of drug-likeness (QED) is 0.721. The highest BCUT2D eigenvalue weighted by Gasteiger charge is 2.19. The van der Waals surface area contributed by atoms with Gasteiger partial charge < -0.3 is 15.7 Å². The van der Waals surface area contributed by atoms with Crippen LogP contribution in [-0.4, -0.2) is 41.7 Å². The zero-order valence-corrected chi connectivity index (χ0v) is 12.6. The van der Waals surface area contributed by atoms with E-state index in [1.165, 1.54) is 0 Å². The van der Waals surface area contributed by atoms with Crippen molar-refractivity contribution in [3.05, 3.63) is 29.3 Å². The van der Waals surface area contributed by atoms with E-state index in [-0.39, 0.29) is 12.5 Å². The van der Waals surface area contributed by atoms with E-state index in [1.54, 1.807) is 43.0 Å². The molecule has 0 spiro atoms. The number of benzene rings is 1. The summed E-state index contributed by atoms with van der Waals surface area (Å²) >= 11 is 7.50. The molecule has 1 aromatic carbocycles. The summed E-state index contributed by atoms with van der Waals surface area (Å²) in [6.07, 6.45) is 1.93.